The molecule has 0 saturated heterocycles. The summed E-state index contributed by atoms with van der Waals surface area (Å²) in [7, 11) is -1.59. The van der Waals surface area contributed by atoms with Crippen molar-refractivity contribution in [1.29, 1.82) is 0 Å². The number of rotatable bonds is 13. The zero-order chi connectivity index (χ0) is 26.9. The van der Waals surface area contributed by atoms with Crippen molar-refractivity contribution in [1.82, 2.24) is 14.5 Å². The Kier molecular flexibility index (Phi) is 10.9. The molecule has 0 aliphatic rings. The van der Waals surface area contributed by atoms with Gasteiger partial charge in [-0.05, 0) is 37.5 Å². The van der Waals surface area contributed by atoms with Gasteiger partial charge in [0.05, 0.1) is 5.69 Å². The molecule has 10 heteroatoms. The number of hydrogen-bond donors (Lipinski definition) is 1. The quantitative estimate of drug-likeness (QED) is 0.410. The van der Waals surface area contributed by atoms with Gasteiger partial charge in [0.2, 0.25) is 11.8 Å². The highest BCUT2D eigenvalue weighted by atomic mass is 32.2. The van der Waals surface area contributed by atoms with E-state index >= 15 is 0 Å². The molecule has 0 radical (unpaired) electrons. The van der Waals surface area contributed by atoms with Crippen molar-refractivity contribution in [2.75, 3.05) is 31.5 Å². The molecule has 2 amide bonds. The molecule has 2 rings (SSSR count). The van der Waals surface area contributed by atoms with Gasteiger partial charge < -0.3 is 10.2 Å². The molecule has 0 spiro atoms. The number of para-hydroxylation sites is 1. The van der Waals surface area contributed by atoms with Gasteiger partial charge >= 0.3 is 10.2 Å². The standard InChI is InChI=1S/C26H37FN4O4S/c1-6-8-17-28-26(33)23(7-2)30(18-21-15-13-20(3)14-16-21)25(32)19-31(36(34,35)29(4)5)24-12-10-9-11-22(24)27/h9-16,23H,6-8,17-19H2,1-5H3,(H,28,33). The van der Waals surface area contributed by atoms with E-state index in [1.54, 1.807) is 6.92 Å². The molecule has 0 aliphatic carbocycles. The first kappa shape index (κ1) is 29.3. The Morgan fingerprint density at radius 1 is 1.03 bits per heavy atom. The zero-order valence-electron chi connectivity index (χ0n) is 21.7. The summed E-state index contributed by atoms with van der Waals surface area (Å²) in [6.07, 6.45) is 2.04. The van der Waals surface area contributed by atoms with Gasteiger partial charge in [-0.1, -0.05) is 62.2 Å². The molecule has 198 valence electrons. The second kappa shape index (κ2) is 13.4. The molecule has 36 heavy (non-hydrogen) atoms. The third kappa shape index (κ3) is 7.51. The lowest BCUT2D eigenvalue weighted by atomic mass is 10.1. The Labute approximate surface area is 214 Å². The van der Waals surface area contributed by atoms with E-state index in [0.717, 1.165) is 38.6 Å². The second-order valence-corrected chi connectivity index (χ2v) is 10.9. The summed E-state index contributed by atoms with van der Waals surface area (Å²) in [5.74, 6) is -1.69. The maximum Gasteiger partial charge on any atom is 0.304 e. The molecule has 1 atom stereocenters. The Bertz CT molecular complexity index is 1120. The first-order valence-electron chi connectivity index (χ1n) is 12.1. The Hall–Kier alpha value is -2.98. The van der Waals surface area contributed by atoms with Crippen LogP contribution in [0.5, 0.6) is 0 Å². The fourth-order valence-electron chi connectivity index (χ4n) is 3.67. The summed E-state index contributed by atoms with van der Waals surface area (Å²) < 4.78 is 42.6. The molecular weight excluding hydrogens is 483 g/mol. The Morgan fingerprint density at radius 3 is 2.22 bits per heavy atom. The van der Waals surface area contributed by atoms with Crippen LogP contribution in [-0.4, -0.2) is 62.7 Å². The minimum atomic E-state index is -4.21. The average molecular weight is 521 g/mol. The highest BCUT2D eigenvalue weighted by Gasteiger charge is 2.34. The highest BCUT2D eigenvalue weighted by molar-refractivity contribution is 7.90. The summed E-state index contributed by atoms with van der Waals surface area (Å²) in [4.78, 5) is 28.1. The number of anilines is 1. The third-order valence-electron chi connectivity index (χ3n) is 5.83. The predicted molar refractivity (Wildman–Crippen MR) is 140 cm³/mol. The fraction of sp³-hybridized carbons (Fsp3) is 0.462. The molecule has 0 aromatic heterocycles. The smallest absolute Gasteiger partial charge is 0.304 e. The number of nitrogens with zero attached hydrogens (tertiary/aromatic N) is 3. The molecule has 0 fully saturated rings. The van der Waals surface area contributed by atoms with Crippen molar-refractivity contribution in [2.24, 2.45) is 0 Å². The number of carbonyl (C=O) groups excluding carboxylic acids is 2. The van der Waals surface area contributed by atoms with Crippen LogP contribution in [0.15, 0.2) is 48.5 Å². The van der Waals surface area contributed by atoms with Crippen molar-refractivity contribution in [3.8, 4) is 0 Å². The van der Waals surface area contributed by atoms with Crippen molar-refractivity contribution >= 4 is 27.7 Å². The number of benzene rings is 2. The number of nitrogens with one attached hydrogen (secondary N) is 1. The third-order valence-corrected chi connectivity index (χ3v) is 7.63. The van der Waals surface area contributed by atoms with Gasteiger partial charge in [0.25, 0.3) is 0 Å². The number of amides is 2. The van der Waals surface area contributed by atoms with Gasteiger partial charge in [0.15, 0.2) is 0 Å². The zero-order valence-corrected chi connectivity index (χ0v) is 22.5. The average Bonchev–Trinajstić information content (AvgIpc) is 2.84. The molecule has 1 N–H and O–H groups in total. The van der Waals surface area contributed by atoms with Crippen LogP contribution < -0.4 is 9.62 Å². The number of unbranched alkanes of at least 4 members (excludes halogenated alkanes) is 1. The molecule has 0 bridgehead atoms. The Balaban J connectivity index is 2.47. The number of carbonyl (C=O) groups is 2. The topological polar surface area (TPSA) is 90.0 Å². The lowest BCUT2D eigenvalue weighted by molar-refractivity contribution is -0.140. The molecule has 0 heterocycles. The first-order chi connectivity index (χ1) is 17.0. The van der Waals surface area contributed by atoms with E-state index in [9.17, 15) is 22.4 Å². The molecule has 8 nitrogen and oxygen atoms in total. The van der Waals surface area contributed by atoms with Crippen LogP contribution in [0, 0.1) is 12.7 Å². The van der Waals surface area contributed by atoms with E-state index < -0.39 is 34.5 Å². The van der Waals surface area contributed by atoms with Crippen molar-refractivity contribution in [2.45, 2.75) is 52.6 Å². The van der Waals surface area contributed by atoms with Gasteiger partial charge in [0.1, 0.15) is 18.4 Å². The van der Waals surface area contributed by atoms with Crippen LogP contribution in [-0.2, 0) is 26.3 Å². The van der Waals surface area contributed by atoms with Gasteiger partial charge in [0, 0.05) is 27.2 Å². The largest absolute Gasteiger partial charge is 0.354 e. The normalized spacial score (nSPS) is 12.3. The summed E-state index contributed by atoms with van der Waals surface area (Å²) in [5, 5.41) is 2.87. The van der Waals surface area contributed by atoms with E-state index in [0.29, 0.717) is 13.0 Å². The maximum absolute atomic E-state index is 14.7. The van der Waals surface area contributed by atoms with Crippen molar-refractivity contribution in [3.63, 3.8) is 0 Å². The van der Waals surface area contributed by atoms with Crippen LogP contribution in [0.4, 0.5) is 10.1 Å². The second-order valence-electron chi connectivity index (χ2n) is 8.82. The number of aryl methyl sites for hydroxylation is 1. The van der Waals surface area contributed by atoms with Crippen molar-refractivity contribution < 1.29 is 22.4 Å². The predicted octanol–water partition coefficient (Wildman–Crippen LogP) is 3.47. The molecular formula is C26H37FN4O4S. The lowest BCUT2D eigenvalue weighted by Gasteiger charge is -2.34. The van der Waals surface area contributed by atoms with Crippen molar-refractivity contribution in [3.05, 3.63) is 65.5 Å². The van der Waals surface area contributed by atoms with E-state index in [1.165, 1.54) is 37.2 Å². The van der Waals surface area contributed by atoms with Crippen LogP contribution in [0.3, 0.4) is 0 Å². The minimum absolute atomic E-state index is 0.103. The van der Waals surface area contributed by atoms with Crippen LogP contribution >= 0.6 is 0 Å². The molecule has 1 unspecified atom stereocenters. The Morgan fingerprint density at radius 2 is 1.67 bits per heavy atom. The SMILES string of the molecule is CCCCNC(=O)C(CC)N(Cc1ccc(C)cc1)C(=O)CN(c1ccccc1F)S(=O)(=O)N(C)C. The van der Waals surface area contributed by atoms with E-state index in [1.807, 2.05) is 38.1 Å². The summed E-state index contributed by atoms with van der Waals surface area (Å²) >= 11 is 0. The number of hydrogen-bond acceptors (Lipinski definition) is 4. The summed E-state index contributed by atoms with van der Waals surface area (Å²) in [6, 6.07) is 12.1. The fourth-order valence-corrected chi connectivity index (χ4v) is 4.74. The molecule has 0 saturated carbocycles. The van der Waals surface area contributed by atoms with Gasteiger partial charge in [-0.2, -0.15) is 12.7 Å². The summed E-state index contributed by atoms with van der Waals surface area (Å²) in [5.41, 5.74) is 1.60. The molecule has 0 aliphatic heterocycles. The van der Waals surface area contributed by atoms with Crippen LogP contribution in [0.2, 0.25) is 0 Å². The van der Waals surface area contributed by atoms with Gasteiger partial charge in [-0.25, -0.2) is 8.70 Å². The molecule has 2 aromatic rings. The maximum atomic E-state index is 14.7. The highest BCUT2D eigenvalue weighted by Crippen LogP contribution is 2.24. The van der Waals surface area contributed by atoms with Gasteiger partial charge in [-0.15, -0.1) is 0 Å². The summed E-state index contributed by atoms with van der Waals surface area (Å²) in [6.45, 7) is 5.68. The van der Waals surface area contributed by atoms with Gasteiger partial charge in [-0.3, -0.25) is 9.59 Å². The van der Waals surface area contributed by atoms with E-state index in [2.05, 4.69) is 5.32 Å². The number of halogens is 1. The van der Waals surface area contributed by atoms with Crippen LogP contribution in [0.1, 0.15) is 44.2 Å². The minimum Gasteiger partial charge on any atom is -0.354 e. The van der Waals surface area contributed by atoms with E-state index in [4.69, 9.17) is 0 Å². The van der Waals surface area contributed by atoms with Crippen LogP contribution in [0.25, 0.3) is 0 Å². The monoisotopic (exact) mass is 520 g/mol. The lowest BCUT2D eigenvalue weighted by Crippen LogP contribution is -2.53. The first-order valence-corrected chi connectivity index (χ1v) is 13.5. The van der Waals surface area contributed by atoms with E-state index in [-0.39, 0.29) is 18.1 Å². The molecule has 2 aromatic carbocycles.